The molecule has 0 radical (unpaired) electrons. The number of ether oxygens (including phenoxy) is 1. The second kappa shape index (κ2) is 8.53. The minimum absolute atomic E-state index is 0.0243. The summed E-state index contributed by atoms with van der Waals surface area (Å²) in [6, 6.07) is 9.83. The SMILES string of the molecule is O=C1COc2ccc(NC(=O)[C@@H]3CCCN(C(=O)c4ccc(Cl)c(Cl)c4)C3)cc2N1. The third-order valence-corrected chi connectivity index (χ3v) is 5.86. The van der Waals surface area contributed by atoms with E-state index in [-0.39, 0.29) is 30.2 Å². The summed E-state index contributed by atoms with van der Waals surface area (Å²) in [4.78, 5) is 38.8. The second-order valence-electron chi connectivity index (χ2n) is 7.26. The highest BCUT2D eigenvalue weighted by Gasteiger charge is 2.29. The van der Waals surface area contributed by atoms with E-state index in [9.17, 15) is 14.4 Å². The number of carbonyl (C=O) groups excluding carboxylic acids is 3. The highest BCUT2D eigenvalue weighted by atomic mass is 35.5. The molecular weight excluding hydrogens is 429 g/mol. The Hall–Kier alpha value is -2.77. The van der Waals surface area contributed by atoms with Crippen LogP contribution in [0, 0.1) is 5.92 Å². The lowest BCUT2D eigenvalue weighted by atomic mass is 9.96. The lowest BCUT2D eigenvalue weighted by Gasteiger charge is -2.32. The van der Waals surface area contributed by atoms with Crippen molar-refractivity contribution < 1.29 is 19.1 Å². The Morgan fingerprint density at radius 3 is 2.77 bits per heavy atom. The number of hydrogen-bond donors (Lipinski definition) is 2. The number of hydrogen-bond acceptors (Lipinski definition) is 4. The molecule has 2 heterocycles. The van der Waals surface area contributed by atoms with Gasteiger partial charge in [0, 0.05) is 24.3 Å². The smallest absolute Gasteiger partial charge is 0.262 e. The number of nitrogens with one attached hydrogen (secondary N) is 2. The minimum Gasteiger partial charge on any atom is -0.482 e. The molecule has 7 nitrogen and oxygen atoms in total. The molecule has 0 unspecified atom stereocenters. The van der Waals surface area contributed by atoms with E-state index in [1.165, 1.54) is 0 Å². The van der Waals surface area contributed by atoms with Gasteiger partial charge in [-0.1, -0.05) is 23.2 Å². The van der Waals surface area contributed by atoms with E-state index < -0.39 is 0 Å². The number of amides is 3. The van der Waals surface area contributed by atoms with Crippen LogP contribution >= 0.6 is 23.2 Å². The molecule has 2 aromatic rings. The van der Waals surface area contributed by atoms with Crippen molar-refractivity contribution in [3.8, 4) is 5.75 Å². The molecule has 2 aliphatic rings. The van der Waals surface area contributed by atoms with Gasteiger partial charge in [0.05, 0.1) is 21.7 Å². The molecule has 0 bridgehead atoms. The van der Waals surface area contributed by atoms with Gasteiger partial charge in [-0.25, -0.2) is 0 Å². The molecule has 0 aliphatic carbocycles. The topological polar surface area (TPSA) is 87.7 Å². The maximum atomic E-state index is 12.8. The molecule has 1 atom stereocenters. The van der Waals surface area contributed by atoms with Gasteiger partial charge in [0.1, 0.15) is 5.75 Å². The molecule has 9 heteroatoms. The van der Waals surface area contributed by atoms with Gasteiger partial charge in [0.25, 0.3) is 11.8 Å². The zero-order valence-electron chi connectivity index (χ0n) is 15.9. The number of nitrogens with zero attached hydrogens (tertiary/aromatic N) is 1. The fraction of sp³-hybridized carbons (Fsp3) is 0.286. The number of anilines is 2. The van der Waals surface area contributed by atoms with Crippen LogP contribution in [-0.4, -0.2) is 42.3 Å². The van der Waals surface area contributed by atoms with Crippen LogP contribution in [0.15, 0.2) is 36.4 Å². The van der Waals surface area contributed by atoms with Crippen LogP contribution in [-0.2, 0) is 9.59 Å². The van der Waals surface area contributed by atoms with Crippen molar-refractivity contribution in [3.05, 3.63) is 52.0 Å². The van der Waals surface area contributed by atoms with Gasteiger partial charge in [-0.15, -0.1) is 0 Å². The van der Waals surface area contributed by atoms with Gasteiger partial charge in [-0.3, -0.25) is 14.4 Å². The van der Waals surface area contributed by atoms with E-state index in [2.05, 4.69) is 10.6 Å². The maximum Gasteiger partial charge on any atom is 0.262 e. The van der Waals surface area contributed by atoms with Gasteiger partial charge in [-0.2, -0.15) is 0 Å². The molecule has 3 amide bonds. The van der Waals surface area contributed by atoms with Crippen molar-refractivity contribution in [1.29, 1.82) is 0 Å². The molecule has 1 fully saturated rings. The first-order valence-corrected chi connectivity index (χ1v) is 10.3. The fourth-order valence-corrected chi connectivity index (χ4v) is 3.89. The molecule has 0 aromatic heterocycles. The Morgan fingerprint density at radius 2 is 1.97 bits per heavy atom. The molecule has 2 aliphatic heterocycles. The van der Waals surface area contributed by atoms with Gasteiger partial charge in [-0.05, 0) is 49.2 Å². The first kappa shape index (κ1) is 20.5. The summed E-state index contributed by atoms with van der Waals surface area (Å²) in [6.07, 6.45) is 1.40. The molecule has 2 N–H and O–H groups in total. The molecule has 30 heavy (non-hydrogen) atoms. The zero-order valence-corrected chi connectivity index (χ0v) is 17.4. The quantitative estimate of drug-likeness (QED) is 0.748. The lowest BCUT2D eigenvalue weighted by molar-refractivity contribution is -0.121. The van der Waals surface area contributed by atoms with Crippen LogP contribution in [0.25, 0.3) is 0 Å². The zero-order chi connectivity index (χ0) is 21.3. The molecule has 0 spiro atoms. The van der Waals surface area contributed by atoms with Crippen molar-refractivity contribution in [3.63, 3.8) is 0 Å². The van der Waals surface area contributed by atoms with Crippen molar-refractivity contribution >= 4 is 52.3 Å². The number of benzene rings is 2. The third kappa shape index (κ3) is 4.37. The molecule has 156 valence electrons. The molecular formula is C21H19Cl2N3O4. The van der Waals surface area contributed by atoms with Crippen molar-refractivity contribution in [1.82, 2.24) is 4.90 Å². The van der Waals surface area contributed by atoms with Crippen LogP contribution in [0.3, 0.4) is 0 Å². The summed E-state index contributed by atoms with van der Waals surface area (Å²) < 4.78 is 5.32. The minimum atomic E-state index is -0.340. The van der Waals surface area contributed by atoms with Crippen molar-refractivity contribution in [2.24, 2.45) is 5.92 Å². The van der Waals surface area contributed by atoms with E-state index >= 15 is 0 Å². The Labute approximate surface area is 183 Å². The average Bonchev–Trinajstić information content (AvgIpc) is 2.75. The standard InChI is InChI=1S/C21H19Cl2N3O4/c22-15-5-3-12(8-16(15)23)21(29)26-7-1-2-13(10-26)20(28)24-14-4-6-18-17(9-14)25-19(27)11-30-18/h3-6,8-9,13H,1-2,7,10-11H2,(H,24,28)(H,25,27)/t13-/m1/s1. The Balaban J connectivity index is 1.42. The van der Waals surface area contributed by atoms with E-state index in [0.717, 1.165) is 6.42 Å². The van der Waals surface area contributed by atoms with Gasteiger partial charge < -0.3 is 20.3 Å². The average molecular weight is 448 g/mol. The Bertz CT molecular complexity index is 1030. The summed E-state index contributed by atoms with van der Waals surface area (Å²) in [5.74, 6) is -0.380. The first-order chi connectivity index (χ1) is 14.4. The third-order valence-electron chi connectivity index (χ3n) is 5.13. The predicted octanol–water partition coefficient (Wildman–Crippen LogP) is 3.82. The van der Waals surface area contributed by atoms with Crippen molar-refractivity contribution in [2.75, 3.05) is 30.3 Å². The number of rotatable bonds is 3. The van der Waals surface area contributed by atoms with Crippen LogP contribution in [0.5, 0.6) is 5.75 Å². The first-order valence-electron chi connectivity index (χ1n) is 9.52. The molecule has 0 saturated carbocycles. The summed E-state index contributed by atoms with van der Waals surface area (Å²) in [5, 5.41) is 6.29. The molecule has 1 saturated heterocycles. The van der Waals surface area contributed by atoms with Crippen LogP contribution in [0.2, 0.25) is 10.0 Å². The number of carbonyl (C=O) groups is 3. The van der Waals surface area contributed by atoms with E-state index in [1.807, 2.05) is 0 Å². The normalized spacial score (nSPS) is 18.1. The monoisotopic (exact) mass is 447 g/mol. The number of halogens is 2. The van der Waals surface area contributed by atoms with Gasteiger partial charge >= 0.3 is 0 Å². The van der Waals surface area contributed by atoms with Crippen molar-refractivity contribution in [2.45, 2.75) is 12.8 Å². The van der Waals surface area contributed by atoms with Crippen LogP contribution in [0.1, 0.15) is 23.2 Å². The highest BCUT2D eigenvalue weighted by molar-refractivity contribution is 6.42. The largest absolute Gasteiger partial charge is 0.482 e. The summed E-state index contributed by atoms with van der Waals surface area (Å²) in [7, 11) is 0. The summed E-state index contributed by atoms with van der Waals surface area (Å²) >= 11 is 11.9. The predicted molar refractivity (Wildman–Crippen MR) is 114 cm³/mol. The number of fused-ring (bicyclic) bond motifs is 1. The Kier molecular flexibility index (Phi) is 5.83. The molecule has 4 rings (SSSR count). The van der Waals surface area contributed by atoms with E-state index in [0.29, 0.717) is 52.2 Å². The van der Waals surface area contributed by atoms with Crippen LogP contribution < -0.4 is 15.4 Å². The van der Waals surface area contributed by atoms with Gasteiger partial charge in [0.2, 0.25) is 5.91 Å². The Morgan fingerprint density at radius 1 is 1.13 bits per heavy atom. The van der Waals surface area contributed by atoms with Crippen LogP contribution in [0.4, 0.5) is 11.4 Å². The maximum absolute atomic E-state index is 12.8. The fourth-order valence-electron chi connectivity index (χ4n) is 3.59. The molecule has 2 aromatic carbocycles. The van der Waals surface area contributed by atoms with E-state index in [1.54, 1.807) is 41.3 Å². The van der Waals surface area contributed by atoms with E-state index in [4.69, 9.17) is 27.9 Å². The highest BCUT2D eigenvalue weighted by Crippen LogP contribution is 2.31. The lowest BCUT2D eigenvalue weighted by Crippen LogP contribution is -2.43. The summed E-state index contributed by atoms with van der Waals surface area (Å²) in [5.41, 5.74) is 1.51. The second-order valence-corrected chi connectivity index (χ2v) is 8.07. The number of piperidine rings is 1. The van der Waals surface area contributed by atoms with Gasteiger partial charge in [0.15, 0.2) is 6.61 Å². The summed E-state index contributed by atoms with van der Waals surface area (Å²) in [6.45, 7) is 0.865. The number of likely N-dealkylation sites (tertiary alicyclic amines) is 1.